The van der Waals surface area contributed by atoms with E-state index in [-0.39, 0.29) is 0 Å². The molecule has 6 aromatic heterocycles. The molecule has 0 amide bonds. The van der Waals surface area contributed by atoms with E-state index in [2.05, 4.69) is 206 Å². The zero-order chi connectivity index (χ0) is 49.9. The molecule has 0 fully saturated rings. The van der Waals surface area contributed by atoms with E-state index < -0.39 is 0 Å². The summed E-state index contributed by atoms with van der Waals surface area (Å²) in [6.07, 6.45) is 0. The Morgan fingerprint density at radius 3 is 1.04 bits per heavy atom. The molecule has 8 nitrogen and oxygen atoms in total. The first-order valence-corrected chi connectivity index (χ1v) is 25.4. The van der Waals surface area contributed by atoms with Crippen LogP contribution in [0, 0.1) is 17.9 Å². The van der Waals surface area contributed by atoms with Gasteiger partial charge in [0.15, 0.2) is 0 Å². The van der Waals surface area contributed by atoms with Crippen LogP contribution in [-0.4, -0.2) is 18.3 Å². The second kappa shape index (κ2) is 14.9. The lowest BCUT2D eigenvalue weighted by Gasteiger charge is -2.27. The van der Waals surface area contributed by atoms with Gasteiger partial charge in [-0.25, -0.2) is 4.85 Å². The zero-order valence-corrected chi connectivity index (χ0v) is 40.3. The molecule has 17 aromatic rings. The lowest BCUT2D eigenvalue weighted by atomic mass is 10.0. The molecule has 0 saturated heterocycles. The van der Waals surface area contributed by atoms with Crippen LogP contribution in [0.4, 0.5) is 5.69 Å². The molecule has 350 valence electrons. The maximum absolute atomic E-state index is 12.6. The Morgan fingerprint density at radius 2 is 0.632 bits per heavy atom. The normalized spacial score (nSPS) is 12.2. The molecule has 0 aliphatic heterocycles. The van der Waals surface area contributed by atoms with Gasteiger partial charge in [0.05, 0.1) is 79.0 Å². The number of para-hydroxylation sites is 8. The van der Waals surface area contributed by atoms with Crippen LogP contribution >= 0.6 is 0 Å². The van der Waals surface area contributed by atoms with Crippen molar-refractivity contribution in [3.63, 3.8) is 0 Å². The van der Waals surface area contributed by atoms with Crippen LogP contribution in [0.3, 0.4) is 0 Å². The summed E-state index contributed by atoms with van der Waals surface area (Å²) in [5.74, 6) is 0. The van der Waals surface area contributed by atoms with Crippen molar-refractivity contribution in [1.29, 1.82) is 5.26 Å². The van der Waals surface area contributed by atoms with Crippen molar-refractivity contribution in [2.24, 2.45) is 0 Å². The fraction of sp³-hybridized carbons (Fsp3) is 0. The Hall–Kier alpha value is -10.8. The van der Waals surface area contributed by atoms with Gasteiger partial charge in [-0.3, -0.25) is 0 Å². The first-order chi connectivity index (χ1) is 37.7. The van der Waals surface area contributed by atoms with Crippen molar-refractivity contribution in [3.05, 3.63) is 235 Å². The summed E-state index contributed by atoms with van der Waals surface area (Å²) in [6.45, 7) is 9.80. The first kappa shape index (κ1) is 40.8. The number of hydrogen-bond acceptors (Lipinski definition) is 3. The molecule has 0 aliphatic rings. The molecule has 17 rings (SSSR count). The molecule has 6 heterocycles. The van der Waals surface area contributed by atoms with Crippen molar-refractivity contribution in [1.82, 2.24) is 18.3 Å². The maximum atomic E-state index is 12.6. The summed E-state index contributed by atoms with van der Waals surface area (Å²) in [7, 11) is 0. The van der Waals surface area contributed by atoms with E-state index in [1.807, 2.05) is 36.4 Å². The third-order valence-electron chi connectivity index (χ3n) is 16.0. The van der Waals surface area contributed by atoms with Crippen LogP contribution in [0.2, 0.25) is 0 Å². The molecular weight excluding hydrogens is 933 g/mol. The van der Waals surface area contributed by atoms with Gasteiger partial charge in [0.1, 0.15) is 28.4 Å². The van der Waals surface area contributed by atoms with E-state index in [9.17, 15) is 11.8 Å². The second-order valence-electron chi connectivity index (χ2n) is 19.6. The number of fused-ring (bicyclic) bond motifs is 20. The predicted molar refractivity (Wildman–Crippen MR) is 309 cm³/mol. The zero-order valence-electron chi connectivity index (χ0n) is 40.3. The summed E-state index contributed by atoms with van der Waals surface area (Å²) < 4.78 is 22.3. The van der Waals surface area contributed by atoms with Crippen molar-refractivity contribution in [2.45, 2.75) is 0 Å². The van der Waals surface area contributed by atoms with E-state index >= 15 is 0 Å². The topological polar surface area (TPSA) is 74.2 Å². The number of hydrogen-bond donors (Lipinski definition) is 0. The first-order valence-electron chi connectivity index (χ1n) is 25.4. The molecule has 8 heteroatoms. The standard InChI is InChI=1S/C68H36N6O2/c1-70-64-65(71-48-26-10-2-18-39(48)40-19-3-11-27-49(40)71)47(38-69)66(73-52-30-14-6-22-43(52)60-54(73)34-36-58-62(60)45-24-8-16-32-56(45)75-58)68(72-50-28-12-4-20-41(50)42-21-5-13-29-51(42)72)67(64)74-53-31-15-7-23-44(53)61-55(74)35-37-59-63(61)46-25-9-17-33-57(46)76-59/h2-37H. The highest BCUT2D eigenvalue weighted by molar-refractivity contribution is 6.30. The van der Waals surface area contributed by atoms with E-state index in [0.29, 0.717) is 34.0 Å². The minimum Gasteiger partial charge on any atom is -0.456 e. The van der Waals surface area contributed by atoms with Crippen LogP contribution in [0.1, 0.15) is 5.56 Å². The molecule has 0 radical (unpaired) electrons. The lowest BCUT2D eigenvalue weighted by Crippen LogP contribution is -2.14. The van der Waals surface area contributed by atoms with Crippen molar-refractivity contribution in [3.8, 4) is 28.8 Å². The molecule has 0 atom stereocenters. The molecule has 76 heavy (non-hydrogen) atoms. The number of nitriles is 1. The van der Waals surface area contributed by atoms with E-state index in [1.54, 1.807) is 0 Å². The Bertz CT molecular complexity index is 5190. The fourth-order valence-corrected chi connectivity index (χ4v) is 13.1. The van der Waals surface area contributed by atoms with Crippen molar-refractivity contribution < 1.29 is 8.83 Å². The molecular formula is C68H36N6O2. The van der Waals surface area contributed by atoms with Gasteiger partial charge in [-0.05, 0) is 72.8 Å². The van der Waals surface area contributed by atoms with Gasteiger partial charge in [-0.15, -0.1) is 0 Å². The van der Waals surface area contributed by atoms with E-state index in [0.717, 1.165) is 131 Å². The predicted octanol–water partition coefficient (Wildman–Crippen LogP) is 18.3. The van der Waals surface area contributed by atoms with Crippen molar-refractivity contribution in [2.75, 3.05) is 0 Å². The molecule has 0 aliphatic carbocycles. The summed E-state index contributed by atoms with van der Waals surface area (Å²) in [4.78, 5) is 4.77. The molecule has 0 unspecified atom stereocenters. The lowest BCUT2D eigenvalue weighted by molar-refractivity contribution is 0.669. The van der Waals surface area contributed by atoms with Crippen molar-refractivity contribution >= 4 is 137 Å². The van der Waals surface area contributed by atoms with Crippen LogP contribution in [0.25, 0.3) is 159 Å². The van der Waals surface area contributed by atoms with E-state index in [1.165, 1.54) is 0 Å². The Labute approximate surface area is 431 Å². The number of rotatable bonds is 4. The Balaban J connectivity index is 1.20. The molecule has 0 bridgehead atoms. The highest BCUT2D eigenvalue weighted by Gasteiger charge is 2.35. The molecule has 0 N–H and O–H groups in total. The van der Waals surface area contributed by atoms with Gasteiger partial charge in [0, 0.05) is 64.6 Å². The average molecular weight is 969 g/mol. The smallest absolute Gasteiger partial charge is 0.237 e. The SMILES string of the molecule is [C-]#[N+]c1c(-n2c3ccccc3c3ccccc32)c(C#N)c(-n2c3ccccc3c3c4c(ccc32)oc2ccccc24)c(-n2c3ccccc3c3ccccc32)c1-n1c2ccccc2c2c3c(ccc21)oc1ccccc13. The minimum absolute atomic E-state index is 0.326. The monoisotopic (exact) mass is 968 g/mol. The highest BCUT2D eigenvalue weighted by atomic mass is 16.3. The average Bonchev–Trinajstić information content (AvgIpc) is 4.40. The van der Waals surface area contributed by atoms with Crippen LogP contribution < -0.4 is 0 Å². The summed E-state index contributed by atoms with van der Waals surface area (Å²) in [5, 5.41) is 24.8. The minimum atomic E-state index is 0.326. The van der Waals surface area contributed by atoms with Gasteiger partial charge in [0.2, 0.25) is 5.69 Å². The summed E-state index contributed by atoms with van der Waals surface area (Å²) >= 11 is 0. The molecule has 0 spiro atoms. The number of nitrogens with zero attached hydrogens (tertiary/aromatic N) is 6. The fourth-order valence-electron chi connectivity index (χ4n) is 13.1. The van der Waals surface area contributed by atoms with E-state index in [4.69, 9.17) is 13.7 Å². The third kappa shape index (κ3) is 5.09. The van der Waals surface area contributed by atoms with Crippen LogP contribution in [0.15, 0.2) is 227 Å². The summed E-state index contributed by atoms with van der Waals surface area (Å²) in [5.41, 5.74) is 13.5. The molecule has 0 saturated carbocycles. The molecule has 11 aromatic carbocycles. The maximum Gasteiger partial charge on any atom is 0.237 e. The third-order valence-corrected chi connectivity index (χ3v) is 16.0. The largest absolute Gasteiger partial charge is 0.456 e. The van der Waals surface area contributed by atoms with Gasteiger partial charge in [-0.2, -0.15) is 5.26 Å². The van der Waals surface area contributed by atoms with Crippen LogP contribution in [-0.2, 0) is 0 Å². The van der Waals surface area contributed by atoms with Crippen LogP contribution in [0.5, 0.6) is 0 Å². The number of aromatic nitrogens is 4. The Morgan fingerprint density at radius 1 is 0.303 bits per heavy atom. The highest BCUT2D eigenvalue weighted by Crippen LogP contribution is 2.53. The number of furan rings is 2. The van der Waals surface area contributed by atoms with Gasteiger partial charge < -0.3 is 27.1 Å². The van der Waals surface area contributed by atoms with Gasteiger partial charge in [-0.1, -0.05) is 146 Å². The number of benzene rings is 11. The Kier molecular flexibility index (Phi) is 7.99. The quantitative estimate of drug-likeness (QED) is 0.165. The van der Waals surface area contributed by atoms with Gasteiger partial charge in [0.25, 0.3) is 0 Å². The summed E-state index contributed by atoms with van der Waals surface area (Å²) in [6, 6.07) is 78.4. The second-order valence-corrected chi connectivity index (χ2v) is 19.6. The van der Waals surface area contributed by atoms with Gasteiger partial charge >= 0.3 is 0 Å².